The van der Waals surface area contributed by atoms with Crippen molar-refractivity contribution in [3.8, 4) is 0 Å². The average Bonchev–Trinajstić information content (AvgIpc) is 3.28. The molecule has 0 unspecified atom stereocenters. The highest BCUT2D eigenvalue weighted by molar-refractivity contribution is 6.98. The van der Waals surface area contributed by atoms with Crippen LogP contribution in [0.5, 0.6) is 0 Å². The molecule has 0 saturated heterocycles. The van der Waals surface area contributed by atoms with Gasteiger partial charge in [-0.3, -0.25) is 0 Å². The van der Waals surface area contributed by atoms with Crippen LogP contribution in [0.25, 0.3) is 0 Å². The Hall–Kier alpha value is -6.58. The van der Waals surface area contributed by atoms with E-state index in [9.17, 15) is 0 Å². The van der Waals surface area contributed by atoms with Gasteiger partial charge in [0.15, 0.2) is 0 Å². The molecule has 5 aliphatic heterocycles. The number of fused-ring (bicyclic) bond motifs is 8. The predicted octanol–water partition coefficient (Wildman–Crippen LogP) is 12.1. The van der Waals surface area contributed by atoms with Gasteiger partial charge in [-0.25, -0.2) is 0 Å². The van der Waals surface area contributed by atoms with Crippen LogP contribution in [0.2, 0.25) is 0 Å². The fourth-order valence-corrected chi connectivity index (χ4v) is 13.1. The summed E-state index contributed by atoms with van der Waals surface area (Å²) in [6, 6.07) is 67.1. The average molecular weight is 783 g/mol. The molecule has 0 fully saturated rings. The lowest BCUT2D eigenvalue weighted by Crippen LogP contribution is -2.71. The molecule has 2 nitrogen and oxygen atoms in total. The fourth-order valence-electron chi connectivity index (χ4n) is 13.1. The number of hydrogen-bond donors (Lipinski definition) is 0. The van der Waals surface area contributed by atoms with Crippen LogP contribution in [0.3, 0.4) is 0 Å². The number of benzene rings is 8. The molecule has 8 aromatic rings. The molecule has 0 atom stereocenters. The second-order valence-electron chi connectivity index (χ2n) is 19.6. The van der Waals surface area contributed by atoms with E-state index in [0.29, 0.717) is 0 Å². The van der Waals surface area contributed by atoms with Gasteiger partial charge in [0, 0.05) is 27.6 Å². The van der Waals surface area contributed by atoms with Gasteiger partial charge >= 0.3 is 0 Å². The molecule has 61 heavy (non-hydrogen) atoms. The van der Waals surface area contributed by atoms with Crippen LogP contribution in [-0.4, -0.2) is 6.71 Å². The van der Waals surface area contributed by atoms with Crippen LogP contribution in [0.4, 0.5) is 34.1 Å². The van der Waals surface area contributed by atoms with Crippen molar-refractivity contribution >= 4 is 57.2 Å². The second-order valence-corrected chi connectivity index (χ2v) is 19.6. The minimum atomic E-state index is -0.567. The van der Waals surface area contributed by atoms with Crippen LogP contribution in [0, 0.1) is 0 Å². The third kappa shape index (κ3) is 4.11. The van der Waals surface area contributed by atoms with E-state index in [1.165, 1.54) is 89.5 Å². The number of hydrogen-bond acceptors (Lipinski definition) is 2. The summed E-state index contributed by atoms with van der Waals surface area (Å²) in [5.74, 6) is 0. The predicted molar refractivity (Wildman–Crippen MR) is 255 cm³/mol. The van der Waals surface area contributed by atoms with Crippen molar-refractivity contribution in [2.75, 3.05) is 9.80 Å². The van der Waals surface area contributed by atoms with Crippen molar-refractivity contribution in [1.29, 1.82) is 0 Å². The molecule has 0 aliphatic carbocycles. The van der Waals surface area contributed by atoms with E-state index in [-0.39, 0.29) is 23.0 Å². The summed E-state index contributed by atoms with van der Waals surface area (Å²) in [6.07, 6.45) is 0. The van der Waals surface area contributed by atoms with Crippen molar-refractivity contribution in [2.24, 2.45) is 0 Å². The Balaban J connectivity index is 1.11. The van der Waals surface area contributed by atoms with Crippen molar-refractivity contribution in [3.63, 3.8) is 0 Å². The fraction of sp³-hybridized carbons (Fsp3) is 0.172. The molecule has 13 rings (SSSR count). The summed E-state index contributed by atoms with van der Waals surface area (Å²) in [6.45, 7) is 15.0. The lowest BCUT2D eigenvalue weighted by atomic mass is 9.23. The van der Waals surface area contributed by atoms with Crippen molar-refractivity contribution in [2.45, 2.75) is 63.2 Å². The zero-order valence-corrected chi connectivity index (χ0v) is 35.7. The third-order valence-corrected chi connectivity index (χ3v) is 15.8. The summed E-state index contributed by atoms with van der Waals surface area (Å²) in [5.41, 5.74) is 24.8. The lowest BCUT2D eigenvalue weighted by molar-refractivity contribution is 0.599. The van der Waals surface area contributed by atoms with E-state index in [0.717, 1.165) is 5.69 Å². The summed E-state index contributed by atoms with van der Waals surface area (Å²) in [4.78, 5) is 5.07. The van der Waals surface area contributed by atoms with Gasteiger partial charge in [-0.05, 0) is 104 Å². The number of anilines is 6. The first-order chi connectivity index (χ1) is 29.6. The van der Waals surface area contributed by atoms with E-state index in [2.05, 4.69) is 227 Å². The van der Waals surface area contributed by atoms with Crippen LogP contribution in [0.15, 0.2) is 176 Å². The molecule has 0 N–H and O–H groups in total. The van der Waals surface area contributed by atoms with E-state index < -0.39 is 5.41 Å². The summed E-state index contributed by atoms with van der Waals surface area (Å²) >= 11 is 0. The highest BCUT2D eigenvalue weighted by Crippen LogP contribution is 2.64. The van der Waals surface area contributed by atoms with Gasteiger partial charge in [0.25, 0.3) is 0 Å². The molecule has 0 radical (unpaired) electrons. The Bertz CT molecular complexity index is 3020. The van der Waals surface area contributed by atoms with Crippen molar-refractivity contribution < 1.29 is 0 Å². The van der Waals surface area contributed by atoms with Gasteiger partial charge in [0.2, 0.25) is 6.71 Å². The zero-order chi connectivity index (χ0) is 41.2. The summed E-state index contributed by atoms with van der Waals surface area (Å²) in [5, 5.41) is 0. The van der Waals surface area contributed by atoms with Crippen molar-refractivity contribution in [3.05, 3.63) is 232 Å². The number of rotatable bonds is 2. The first-order valence-corrected chi connectivity index (χ1v) is 22.1. The molecule has 292 valence electrons. The van der Waals surface area contributed by atoms with E-state index >= 15 is 0 Å². The summed E-state index contributed by atoms with van der Waals surface area (Å²) in [7, 11) is 0. The molecule has 1 spiro atoms. The SMILES string of the molecule is CC1(C)c2cccc3c2B2c4c1cccc4C(C)(C)c1cc(N4c5ccccc5C5(c6ccccc6N(c6ccccc6)c6ccccc65)c5ccccc54)cc(c12)C3(C)C. The topological polar surface area (TPSA) is 6.48 Å². The van der Waals surface area contributed by atoms with Gasteiger partial charge in [-0.2, -0.15) is 0 Å². The molecule has 0 amide bonds. The lowest BCUT2D eigenvalue weighted by Gasteiger charge is -2.53. The van der Waals surface area contributed by atoms with Gasteiger partial charge < -0.3 is 9.80 Å². The Labute approximate surface area is 360 Å². The minimum absolute atomic E-state index is 0.0834. The molecule has 3 heteroatoms. The molecule has 8 aromatic carbocycles. The summed E-state index contributed by atoms with van der Waals surface area (Å²) < 4.78 is 0. The van der Waals surface area contributed by atoms with Crippen LogP contribution >= 0.6 is 0 Å². The maximum Gasteiger partial charge on any atom is 0.243 e. The Morgan fingerprint density at radius 1 is 0.295 bits per heavy atom. The minimum Gasteiger partial charge on any atom is -0.310 e. The van der Waals surface area contributed by atoms with E-state index in [4.69, 9.17) is 0 Å². The van der Waals surface area contributed by atoms with Crippen LogP contribution in [-0.2, 0) is 21.7 Å². The Morgan fingerprint density at radius 3 is 0.984 bits per heavy atom. The second kappa shape index (κ2) is 11.6. The highest BCUT2D eigenvalue weighted by atomic mass is 15.2. The van der Waals surface area contributed by atoms with E-state index in [1.54, 1.807) is 10.9 Å². The first kappa shape index (κ1) is 35.2. The third-order valence-electron chi connectivity index (χ3n) is 15.8. The quantitative estimate of drug-likeness (QED) is 0.161. The van der Waals surface area contributed by atoms with Gasteiger partial charge in [0.1, 0.15) is 0 Å². The molecule has 0 saturated carbocycles. The largest absolute Gasteiger partial charge is 0.310 e. The molecule has 5 aliphatic rings. The smallest absolute Gasteiger partial charge is 0.243 e. The standard InChI is InChI=1S/C58H47BN2/c1-55(2)42-26-18-28-44-52(42)59-53-43(55)27-19-29-45(53)57(5,6)47-35-37(34-46(54(47)59)56(44,3)4)61-50-32-16-12-24-40(50)58(41-25-13-17-33-51(41)61)38-22-10-14-30-48(38)60(36-20-8-7-9-21-36)49-31-15-11-23-39(49)58/h7-35H,1-6H3. The van der Waals surface area contributed by atoms with Crippen LogP contribution < -0.4 is 26.2 Å². The molecular formula is C58H47BN2. The maximum atomic E-state index is 2.61. The monoisotopic (exact) mass is 782 g/mol. The van der Waals surface area contributed by atoms with Crippen LogP contribution in [0.1, 0.15) is 97.2 Å². The zero-order valence-electron chi connectivity index (χ0n) is 35.7. The van der Waals surface area contributed by atoms with Gasteiger partial charge in [-0.1, -0.05) is 185 Å². The first-order valence-electron chi connectivity index (χ1n) is 22.1. The Morgan fingerprint density at radius 2 is 0.590 bits per heavy atom. The maximum absolute atomic E-state index is 2.61. The molecular weight excluding hydrogens is 735 g/mol. The number of para-hydroxylation sites is 5. The molecule has 0 bridgehead atoms. The highest BCUT2D eigenvalue weighted by Gasteiger charge is 2.56. The van der Waals surface area contributed by atoms with Crippen molar-refractivity contribution in [1.82, 2.24) is 0 Å². The number of nitrogens with zero attached hydrogens (tertiary/aromatic N) is 2. The van der Waals surface area contributed by atoms with E-state index in [1.807, 2.05) is 0 Å². The normalized spacial score (nSPS) is 17.8. The molecule has 5 heterocycles. The van der Waals surface area contributed by atoms with Gasteiger partial charge in [-0.15, -0.1) is 0 Å². The van der Waals surface area contributed by atoms with Gasteiger partial charge in [0.05, 0.1) is 28.2 Å². The molecule has 0 aromatic heterocycles. The Kier molecular flexibility index (Phi) is 6.70.